The molecular weight excluding hydrogens is 362 g/mol. The van der Waals surface area contributed by atoms with Crippen LogP contribution in [0.5, 0.6) is 0 Å². The molecule has 27 heavy (non-hydrogen) atoms. The predicted octanol–water partition coefficient (Wildman–Crippen LogP) is 3.63. The molecule has 140 valence electrons. The number of hydrogen-bond acceptors (Lipinski definition) is 6. The fraction of sp³-hybridized carbons (Fsp3) is 0.300. The Labute approximate surface area is 161 Å². The van der Waals surface area contributed by atoms with Crippen molar-refractivity contribution < 1.29 is 14.3 Å². The molecule has 0 aliphatic heterocycles. The van der Waals surface area contributed by atoms with E-state index in [0.29, 0.717) is 10.7 Å². The van der Waals surface area contributed by atoms with Crippen LogP contribution < -0.4 is 0 Å². The lowest BCUT2D eigenvalue weighted by atomic mass is 10.1. The lowest BCUT2D eigenvalue weighted by Gasteiger charge is -2.13. The molecule has 0 fully saturated rings. The molecule has 2 aromatic heterocycles. The Bertz CT molecular complexity index is 999. The third-order valence-corrected chi connectivity index (χ3v) is 5.32. The van der Waals surface area contributed by atoms with Gasteiger partial charge in [0.05, 0.1) is 12.3 Å². The van der Waals surface area contributed by atoms with E-state index in [2.05, 4.69) is 10.1 Å². The van der Waals surface area contributed by atoms with Crippen LogP contribution in [0.1, 0.15) is 25.2 Å². The number of carbonyl (C=O) groups excluding carboxylic acids is 2. The van der Waals surface area contributed by atoms with Crippen LogP contribution in [-0.2, 0) is 14.3 Å². The second-order valence-electron chi connectivity index (χ2n) is 6.16. The van der Waals surface area contributed by atoms with E-state index >= 15 is 0 Å². The maximum Gasteiger partial charge on any atom is 0.327 e. The number of nitrogens with zero attached hydrogens (tertiary/aromatic N) is 3. The first kappa shape index (κ1) is 19.1. The van der Waals surface area contributed by atoms with E-state index in [1.54, 1.807) is 11.4 Å². The number of ether oxygens (including phenoxy) is 1. The summed E-state index contributed by atoms with van der Waals surface area (Å²) in [6.07, 6.45) is 0. The van der Waals surface area contributed by atoms with Gasteiger partial charge in [-0.2, -0.15) is 5.10 Å². The fourth-order valence-electron chi connectivity index (χ4n) is 2.87. The van der Waals surface area contributed by atoms with Crippen LogP contribution in [0.25, 0.3) is 16.8 Å². The monoisotopic (exact) mass is 383 g/mol. The summed E-state index contributed by atoms with van der Waals surface area (Å²) >= 11 is 1.14. The van der Waals surface area contributed by atoms with Crippen LogP contribution in [0.4, 0.5) is 0 Å². The predicted molar refractivity (Wildman–Crippen MR) is 105 cm³/mol. The van der Waals surface area contributed by atoms with Gasteiger partial charge in [0.15, 0.2) is 16.7 Å². The number of thioether (sulfide) groups is 1. The zero-order valence-corrected chi connectivity index (χ0v) is 16.5. The number of rotatable bonds is 6. The molecule has 0 N–H and O–H groups in total. The first-order valence-electron chi connectivity index (χ1n) is 8.68. The lowest BCUT2D eigenvalue weighted by molar-refractivity contribution is -0.144. The smallest absolute Gasteiger partial charge is 0.327 e. The maximum atomic E-state index is 12.2. The van der Waals surface area contributed by atoms with E-state index in [0.717, 1.165) is 34.3 Å². The van der Waals surface area contributed by atoms with Gasteiger partial charge in [-0.25, -0.2) is 9.50 Å². The van der Waals surface area contributed by atoms with Crippen LogP contribution in [-0.4, -0.2) is 38.2 Å². The number of ketones is 1. The Morgan fingerprint density at radius 2 is 1.93 bits per heavy atom. The maximum absolute atomic E-state index is 12.2. The first-order valence-corrected chi connectivity index (χ1v) is 9.56. The summed E-state index contributed by atoms with van der Waals surface area (Å²) in [7, 11) is 0. The van der Waals surface area contributed by atoms with Crippen molar-refractivity contribution in [3.05, 3.63) is 47.8 Å². The highest BCUT2D eigenvalue weighted by Crippen LogP contribution is 2.32. The summed E-state index contributed by atoms with van der Waals surface area (Å²) < 4.78 is 6.75. The summed E-state index contributed by atoms with van der Waals surface area (Å²) in [5.74, 6) is -0.794. The molecule has 6 nitrogen and oxygen atoms in total. The number of Topliss-reactive ketones (excluding diaryl/α,β-unsaturated/α-hetero) is 1. The van der Waals surface area contributed by atoms with Gasteiger partial charge >= 0.3 is 5.97 Å². The second kappa shape index (κ2) is 7.92. The molecule has 1 aromatic carbocycles. The van der Waals surface area contributed by atoms with Crippen molar-refractivity contribution in [3.8, 4) is 11.1 Å². The van der Waals surface area contributed by atoms with Gasteiger partial charge in [-0.3, -0.25) is 9.59 Å². The molecule has 1 atom stereocenters. The number of benzene rings is 1. The molecule has 0 saturated carbocycles. The van der Waals surface area contributed by atoms with Crippen molar-refractivity contribution in [1.82, 2.24) is 14.6 Å². The van der Waals surface area contributed by atoms with Gasteiger partial charge in [0.25, 0.3) is 0 Å². The lowest BCUT2D eigenvalue weighted by Crippen LogP contribution is -2.27. The van der Waals surface area contributed by atoms with E-state index < -0.39 is 11.2 Å². The van der Waals surface area contributed by atoms with E-state index in [1.165, 1.54) is 6.92 Å². The minimum Gasteiger partial charge on any atom is -0.465 e. The molecule has 0 saturated heterocycles. The van der Waals surface area contributed by atoms with Crippen LogP contribution in [0.3, 0.4) is 0 Å². The van der Waals surface area contributed by atoms with E-state index in [-0.39, 0.29) is 12.4 Å². The van der Waals surface area contributed by atoms with E-state index in [9.17, 15) is 9.59 Å². The van der Waals surface area contributed by atoms with Gasteiger partial charge in [-0.05, 0) is 39.3 Å². The highest BCUT2D eigenvalue weighted by atomic mass is 32.2. The standard InChI is InChI=1S/C20H21N3O3S/c1-5-26-20(25)18(14(4)24)27-16-11-12(2)21-19-17(13(3)22-23(16)19)15-9-7-6-8-10-15/h6-11,18H,5H2,1-4H3/t18-/m1/s1. The molecule has 0 aliphatic carbocycles. The van der Waals surface area contributed by atoms with Gasteiger partial charge in [0.2, 0.25) is 0 Å². The van der Waals surface area contributed by atoms with Crippen molar-refractivity contribution in [3.63, 3.8) is 0 Å². The van der Waals surface area contributed by atoms with Gasteiger partial charge in [0, 0.05) is 11.3 Å². The minimum atomic E-state index is -0.931. The van der Waals surface area contributed by atoms with E-state index in [4.69, 9.17) is 4.74 Å². The molecule has 0 radical (unpaired) electrons. The van der Waals surface area contributed by atoms with Crippen molar-refractivity contribution in [2.24, 2.45) is 0 Å². The molecular formula is C20H21N3O3S. The molecule has 7 heteroatoms. The number of aromatic nitrogens is 3. The summed E-state index contributed by atoms with van der Waals surface area (Å²) in [4.78, 5) is 28.9. The number of carbonyl (C=O) groups is 2. The highest BCUT2D eigenvalue weighted by molar-refractivity contribution is 8.01. The Morgan fingerprint density at radius 1 is 1.22 bits per heavy atom. The summed E-state index contributed by atoms with van der Waals surface area (Å²) in [5, 5.41) is 4.36. The fourth-order valence-corrected chi connectivity index (χ4v) is 3.91. The van der Waals surface area contributed by atoms with Crippen molar-refractivity contribution >= 4 is 29.2 Å². The third-order valence-electron chi connectivity index (χ3n) is 4.03. The zero-order valence-electron chi connectivity index (χ0n) is 15.7. The molecule has 3 aromatic rings. The van der Waals surface area contributed by atoms with Crippen molar-refractivity contribution in [2.75, 3.05) is 6.61 Å². The number of hydrogen-bond donors (Lipinski definition) is 0. The Balaban J connectivity index is 2.12. The first-order chi connectivity index (χ1) is 12.9. The van der Waals surface area contributed by atoms with Crippen molar-refractivity contribution in [1.29, 1.82) is 0 Å². The molecule has 0 amide bonds. The van der Waals surface area contributed by atoms with Crippen molar-refractivity contribution in [2.45, 2.75) is 38.0 Å². The topological polar surface area (TPSA) is 73.6 Å². The van der Waals surface area contributed by atoms with Crippen LogP contribution >= 0.6 is 11.8 Å². The normalized spacial score (nSPS) is 12.1. The molecule has 0 aliphatic rings. The summed E-state index contributed by atoms with van der Waals surface area (Å²) in [5.41, 5.74) is 4.28. The zero-order chi connectivity index (χ0) is 19.6. The Hall–Kier alpha value is -2.67. The average Bonchev–Trinajstić information content (AvgIpc) is 2.96. The number of fused-ring (bicyclic) bond motifs is 1. The average molecular weight is 383 g/mol. The van der Waals surface area contributed by atoms with E-state index in [1.807, 2.05) is 50.2 Å². The van der Waals surface area contributed by atoms with Gasteiger partial charge < -0.3 is 4.74 Å². The molecule has 0 spiro atoms. The number of aryl methyl sites for hydroxylation is 2. The van der Waals surface area contributed by atoms with Gasteiger partial charge in [-0.15, -0.1) is 0 Å². The third kappa shape index (κ3) is 3.88. The number of esters is 1. The van der Waals surface area contributed by atoms with Crippen LogP contribution in [0.15, 0.2) is 41.4 Å². The SMILES string of the molecule is CCOC(=O)[C@H](Sc1cc(C)nc2c(-c3ccccc3)c(C)nn12)C(C)=O. The highest BCUT2D eigenvalue weighted by Gasteiger charge is 2.28. The van der Waals surface area contributed by atoms with Crippen LogP contribution in [0.2, 0.25) is 0 Å². The molecule has 0 unspecified atom stereocenters. The quantitative estimate of drug-likeness (QED) is 0.280. The van der Waals surface area contributed by atoms with Gasteiger partial charge in [-0.1, -0.05) is 42.1 Å². The molecule has 0 bridgehead atoms. The Kier molecular flexibility index (Phi) is 5.60. The van der Waals surface area contributed by atoms with Crippen LogP contribution in [0, 0.1) is 13.8 Å². The summed E-state index contributed by atoms with van der Waals surface area (Å²) in [6.45, 7) is 7.15. The second-order valence-corrected chi connectivity index (χ2v) is 7.28. The molecule has 3 rings (SSSR count). The van der Waals surface area contributed by atoms with Gasteiger partial charge in [0.1, 0.15) is 5.03 Å². The largest absolute Gasteiger partial charge is 0.465 e. The minimum absolute atomic E-state index is 0.229. The summed E-state index contributed by atoms with van der Waals surface area (Å²) in [6, 6.07) is 11.7. The molecule has 2 heterocycles. The Morgan fingerprint density at radius 3 is 2.56 bits per heavy atom.